The largest absolute Gasteiger partial charge is 0.508 e. The van der Waals surface area contributed by atoms with Crippen LogP contribution in [0.3, 0.4) is 0 Å². The number of carbonyl (C=O) groups excluding carboxylic acids is 1. The lowest BCUT2D eigenvalue weighted by Crippen LogP contribution is -2.36. The van der Waals surface area contributed by atoms with Crippen LogP contribution in [-0.4, -0.2) is 28.5 Å². The van der Waals surface area contributed by atoms with E-state index in [-0.39, 0.29) is 11.7 Å². The van der Waals surface area contributed by atoms with E-state index in [1.54, 1.807) is 12.1 Å². The van der Waals surface area contributed by atoms with Crippen molar-refractivity contribution >= 4 is 5.91 Å². The van der Waals surface area contributed by atoms with Crippen LogP contribution in [0.15, 0.2) is 36.4 Å². The number of nitrogens with zero attached hydrogens (tertiary/aromatic N) is 1. The Morgan fingerprint density at radius 3 is 2.80 bits per heavy atom. The van der Waals surface area contributed by atoms with Crippen molar-refractivity contribution in [1.82, 2.24) is 4.90 Å². The molecule has 0 aliphatic carbocycles. The molecule has 0 radical (unpaired) electrons. The van der Waals surface area contributed by atoms with Gasteiger partial charge in [-0.2, -0.15) is 0 Å². The molecule has 0 saturated heterocycles. The number of aryl methyl sites for hydroxylation is 1. The number of carbonyl (C=O) groups is 1. The summed E-state index contributed by atoms with van der Waals surface area (Å²) in [6, 6.07) is 7.38. The molecule has 0 spiro atoms. The lowest BCUT2D eigenvalue weighted by molar-refractivity contribution is -0.131. The fourth-order valence-corrected chi connectivity index (χ4v) is 2.58. The standard InChI is InChI=1S/C17H23NO2/c1-2-3-5-15-6-4-13-18(15)17(20)12-9-14-7-10-16(19)11-8-14/h4,6-8,10-11,15,19H,2-3,5,9,12-13H2,1H3/t15-/m0/s1. The maximum atomic E-state index is 12.3. The van der Waals surface area contributed by atoms with Gasteiger partial charge >= 0.3 is 0 Å². The molecule has 1 aromatic carbocycles. The van der Waals surface area contributed by atoms with Crippen LogP contribution in [0.1, 0.15) is 38.2 Å². The fourth-order valence-electron chi connectivity index (χ4n) is 2.58. The molecule has 0 bridgehead atoms. The van der Waals surface area contributed by atoms with Gasteiger partial charge in [-0.05, 0) is 30.5 Å². The smallest absolute Gasteiger partial charge is 0.223 e. The van der Waals surface area contributed by atoms with Gasteiger partial charge in [0, 0.05) is 13.0 Å². The molecule has 0 unspecified atom stereocenters. The van der Waals surface area contributed by atoms with E-state index in [1.807, 2.05) is 17.0 Å². The minimum atomic E-state index is 0.226. The molecule has 1 heterocycles. The van der Waals surface area contributed by atoms with Gasteiger partial charge in [0.1, 0.15) is 5.75 Å². The molecule has 0 fully saturated rings. The highest BCUT2D eigenvalue weighted by molar-refractivity contribution is 5.77. The van der Waals surface area contributed by atoms with Crippen molar-refractivity contribution in [2.45, 2.75) is 45.1 Å². The molecule has 2 rings (SSSR count). The first-order chi connectivity index (χ1) is 9.70. The highest BCUT2D eigenvalue weighted by Gasteiger charge is 2.23. The van der Waals surface area contributed by atoms with Gasteiger partial charge in [-0.3, -0.25) is 4.79 Å². The normalized spacial score (nSPS) is 17.6. The first-order valence-electron chi connectivity index (χ1n) is 7.44. The molecule has 3 nitrogen and oxygen atoms in total. The molecule has 3 heteroatoms. The van der Waals surface area contributed by atoms with Crippen LogP contribution < -0.4 is 0 Å². The zero-order valence-electron chi connectivity index (χ0n) is 12.1. The summed E-state index contributed by atoms with van der Waals surface area (Å²) in [4.78, 5) is 14.3. The first kappa shape index (κ1) is 14.6. The van der Waals surface area contributed by atoms with Crippen molar-refractivity contribution in [3.8, 4) is 5.75 Å². The van der Waals surface area contributed by atoms with E-state index in [2.05, 4.69) is 19.1 Å². The quantitative estimate of drug-likeness (QED) is 0.808. The summed E-state index contributed by atoms with van der Waals surface area (Å²) in [5.74, 6) is 0.493. The van der Waals surface area contributed by atoms with Gasteiger partial charge in [0.15, 0.2) is 0 Å². The molecule has 108 valence electrons. The SMILES string of the molecule is CCCC[C@H]1C=CCN1C(=O)CCc1ccc(O)cc1. The van der Waals surface area contributed by atoms with Crippen molar-refractivity contribution in [2.24, 2.45) is 0 Å². The van der Waals surface area contributed by atoms with Crippen molar-refractivity contribution in [3.05, 3.63) is 42.0 Å². The summed E-state index contributed by atoms with van der Waals surface area (Å²) in [5, 5.41) is 9.24. The summed E-state index contributed by atoms with van der Waals surface area (Å²) >= 11 is 0. The second-order valence-electron chi connectivity index (χ2n) is 5.35. The fraction of sp³-hybridized carbons (Fsp3) is 0.471. The summed E-state index contributed by atoms with van der Waals surface area (Å²) < 4.78 is 0. The predicted molar refractivity (Wildman–Crippen MR) is 80.6 cm³/mol. The summed E-state index contributed by atoms with van der Waals surface area (Å²) in [6.07, 6.45) is 8.92. The highest BCUT2D eigenvalue weighted by atomic mass is 16.3. The minimum Gasteiger partial charge on any atom is -0.508 e. The van der Waals surface area contributed by atoms with Crippen LogP contribution in [0.25, 0.3) is 0 Å². The van der Waals surface area contributed by atoms with Crippen LogP contribution in [-0.2, 0) is 11.2 Å². The molecule has 0 saturated carbocycles. The van der Waals surface area contributed by atoms with Crippen LogP contribution in [0, 0.1) is 0 Å². The summed E-state index contributed by atoms with van der Waals surface area (Å²) in [7, 11) is 0. The van der Waals surface area contributed by atoms with Gasteiger partial charge in [0.2, 0.25) is 5.91 Å². The Labute approximate surface area is 120 Å². The Morgan fingerprint density at radius 1 is 1.35 bits per heavy atom. The third-order valence-corrected chi connectivity index (χ3v) is 3.80. The molecule has 1 aromatic rings. The molecular weight excluding hydrogens is 250 g/mol. The van der Waals surface area contributed by atoms with Crippen LogP contribution in [0.2, 0.25) is 0 Å². The van der Waals surface area contributed by atoms with Crippen molar-refractivity contribution in [3.63, 3.8) is 0 Å². The summed E-state index contributed by atoms with van der Waals surface area (Å²) in [5.41, 5.74) is 1.09. The van der Waals surface area contributed by atoms with E-state index in [9.17, 15) is 9.90 Å². The number of phenols is 1. The maximum absolute atomic E-state index is 12.3. The molecule has 20 heavy (non-hydrogen) atoms. The number of aromatic hydroxyl groups is 1. The van der Waals surface area contributed by atoms with E-state index in [1.165, 1.54) is 6.42 Å². The van der Waals surface area contributed by atoms with Crippen molar-refractivity contribution < 1.29 is 9.90 Å². The average Bonchev–Trinajstić information content (AvgIpc) is 2.92. The Balaban J connectivity index is 1.83. The predicted octanol–water partition coefficient (Wildman–Crippen LogP) is 3.28. The molecule has 1 amide bonds. The third-order valence-electron chi connectivity index (χ3n) is 3.80. The number of amides is 1. The first-order valence-corrected chi connectivity index (χ1v) is 7.44. The Bertz CT molecular complexity index is 464. The molecule has 0 aromatic heterocycles. The second-order valence-corrected chi connectivity index (χ2v) is 5.35. The van der Waals surface area contributed by atoms with Gasteiger partial charge in [-0.15, -0.1) is 0 Å². The van der Waals surface area contributed by atoms with Gasteiger partial charge in [-0.1, -0.05) is 44.1 Å². The van der Waals surface area contributed by atoms with Gasteiger partial charge < -0.3 is 10.0 Å². The van der Waals surface area contributed by atoms with Crippen molar-refractivity contribution in [2.75, 3.05) is 6.54 Å². The van der Waals surface area contributed by atoms with Crippen LogP contribution in [0.5, 0.6) is 5.75 Å². The number of hydrogen-bond donors (Lipinski definition) is 1. The molecule has 1 aliphatic heterocycles. The lowest BCUT2D eigenvalue weighted by atomic mass is 10.1. The Kier molecular flexibility index (Phi) is 5.22. The Morgan fingerprint density at radius 2 is 2.10 bits per heavy atom. The zero-order valence-corrected chi connectivity index (χ0v) is 12.1. The minimum absolute atomic E-state index is 0.226. The maximum Gasteiger partial charge on any atom is 0.223 e. The molecular formula is C17H23NO2. The monoisotopic (exact) mass is 273 g/mol. The van der Waals surface area contributed by atoms with Crippen molar-refractivity contribution in [1.29, 1.82) is 0 Å². The van der Waals surface area contributed by atoms with Gasteiger partial charge in [0.25, 0.3) is 0 Å². The number of benzene rings is 1. The third kappa shape index (κ3) is 3.86. The summed E-state index contributed by atoms with van der Waals surface area (Å²) in [6.45, 7) is 2.93. The van der Waals surface area contributed by atoms with E-state index in [0.29, 0.717) is 12.5 Å². The van der Waals surface area contributed by atoms with E-state index < -0.39 is 0 Å². The van der Waals surface area contributed by atoms with E-state index >= 15 is 0 Å². The van der Waals surface area contributed by atoms with E-state index in [0.717, 1.165) is 31.4 Å². The number of rotatable bonds is 6. The zero-order chi connectivity index (χ0) is 14.4. The number of phenolic OH excluding ortho intramolecular Hbond substituents is 1. The Hall–Kier alpha value is -1.77. The number of unbranched alkanes of at least 4 members (excludes halogenated alkanes) is 1. The van der Waals surface area contributed by atoms with Crippen LogP contribution >= 0.6 is 0 Å². The van der Waals surface area contributed by atoms with Crippen LogP contribution in [0.4, 0.5) is 0 Å². The lowest BCUT2D eigenvalue weighted by Gasteiger charge is -2.24. The van der Waals surface area contributed by atoms with Gasteiger partial charge in [-0.25, -0.2) is 0 Å². The van der Waals surface area contributed by atoms with E-state index in [4.69, 9.17) is 0 Å². The average molecular weight is 273 g/mol. The molecule has 1 atom stereocenters. The molecule has 1 aliphatic rings. The highest BCUT2D eigenvalue weighted by Crippen LogP contribution is 2.18. The number of hydrogen-bond acceptors (Lipinski definition) is 2. The van der Waals surface area contributed by atoms with Gasteiger partial charge in [0.05, 0.1) is 6.04 Å². The topological polar surface area (TPSA) is 40.5 Å². The molecule has 1 N–H and O–H groups in total. The second kappa shape index (κ2) is 7.13.